The molecule has 0 aromatic carbocycles. The normalized spacial score (nSPS) is 11.0. The molecule has 0 saturated carbocycles. The molecule has 0 unspecified atom stereocenters. The van der Waals surface area contributed by atoms with Gasteiger partial charge in [-0.3, -0.25) is 19.7 Å². The van der Waals surface area contributed by atoms with Crippen LogP contribution in [-0.4, -0.2) is 25.8 Å². The zero-order chi connectivity index (χ0) is 22.2. The first kappa shape index (κ1) is 21.8. The van der Waals surface area contributed by atoms with Gasteiger partial charge in [-0.2, -0.15) is 0 Å². The van der Waals surface area contributed by atoms with Crippen molar-refractivity contribution in [3.05, 3.63) is 96.4 Å². The number of nitrogens with zero attached hydrogens (tertiary/aromatic N) is 4. The maximum absolute atomic E-state index is 12.5. The van der Waals surface area contributed by atoms with E-state index in [4.69, 9.17) is 0 Å². The summed E-state index contributed by atoms with van der Waals surface area (Å²) < 4.78 is 0. The predicted octanol–water partition coefficient (Wildman–Crippen LogP) is 4.96. The quantitative estimate of drug-likeness (QED) is 0.556. The standard InChI is InChI=1S/C25H25N5O/c1-5-6-20(11-17(2)3)25-18(4)12-19(14-29-25)13-24(31)30-23-8-7-21(15-28-23)22-16-26-9-10-27-22/h5-12,14-16H,1,13H2,2-4H3,(H,28,30,31)/b20-6+. The van der Waals surface area contributed by atoms with Crippen LogP contribution in [0.15, 0.2) is 79.6 Å². The summed E-state index contributed by atoms with van der Waals surface area (Å²) in [5, 5.41) is 2.82. The Kier molecular flexibility index (Phi) is 7.17. The fourth-order valence-corrected chi connectivity index (χ4v) is 3.11. The third kappa shape index (κ3) is 6.02. The summed E-state index contributed by atoms with van der Waals surface area (Å²) in [4.78, 5) is 29.7. The number of aryl methyl sites for hydroxylation is 1. The van der Waals surface area contributed by atoms with E-state index in [2.05, 4.69) is 37.9 Å². The molecule has 3 rings (SSSR count). The van der Waals surface area contributed by atoms with Crippen molar-refractivity contribution < 1.29 is 4.79 Å². The van der Waals surface area contributed by atoms with Crippen molar-refractivity contribution in [1.29, 1.82) is 0 Å². The molecule has 3 aromatic rings. The van der Waals surface area contributed by atoms with Crippen molar-refractivity contribution in [3.63, 3.8) is 0 Å². The van der Waals surface area contributed by atoms with Crippen molar-refractivity contribution in [3.8, 4) is 11.3 Å². The lowest BCUT2D eigenvalue weighted by molar-refractivity contribution is -0.115. The Morgan fingerprint density at radius 2 is 1.94 bits per heavy atom. The van der Waals surface area contributed by atoms with E-state index in [1.807, 2.05) is 39.0 Å². The lowest BCUT2D eigenvalue weighted by Gasteiger charge is -2.10. The SMILES string of the molecule is C=C/C=C(\C=C(C)C)c1ncc(CC(=O)Nc2ccc(-c3cnccn3)cn2)cc1C. The monoisotopic (exact) mass is 411 g/mol. The van der Waals surface area contributed by atoms with Crippen molar-refractivity contribution >= 4 is 17.3 Å². The Hall–Kier alpha value is -3.93. The second-order valence-electron chi connectivity index (χ2n) is 7.34. The van der Waals surface area contributed by atoms with Gasteiger partial charge in [0.25, 0.3) is 0 Å². The minimum Gasteiger partial charge on any atom is -0.310 e. The highest BCUT2D eigenvalue weighted by Crippen LogP contribution is 2.21. The summed E-state index contributed by atoms with van der Waals surface area (Å²) in [6, 6.07) is 5.59. The van der Waals surface area contributed by atoms with Crippen LogP contribution in [0.1, 0.15) is 30.7 Å². The van der Waals surface area contributed by atoms with E-state index in [9.17, 15) is 4.79 Å². The lowest BCUT2D eigenvalue weighted by Crippen LogP contribution is -2.15. The number of carbonyl (C=O) groups excluding carboxylic acids is 1. The number of nitrogens with one attached hydrogen (secondary N) is 1. The molecular formula is C25H25N5O. The first-order valence-electron chi connectivity index (χ1n) is 9.92. The van der Waals surface area contributed by atoms with Crippen molar-refractivity contribution in [2.24, 2.45) is 0 Å². The number of pyridine rings is 2. The number of hydrogen-bond acceptors (Lipinski definition) is 5. The van der Waals surface area contributed by atoms with E-state index in [1.165, 1.54) is 5.57 Å². The molecule has 0 atom stereocenters. The van der Waals surface area contributed by atoms with E-state index in [1.54, 1.807) is 43.1 Å². The maximum atomic E-state index is 12.5. The van der Waals surface area contributed by atoms with E-state index < -0.39 is 0 Å². The largest absolute Gasteiger partial charge is 0.310 e. The summed E-state index contributed by atoms with van der Waals surface area (Å²) in [6.45, 7) is 9.86. The van der Waals surface area contributed by atoms with Gasteiger partial charge in [0.2, 0.25) is 5.91 Å². The number of aromatic nitrogens is 4. The molecule has 0 fully saturated rings. The molecule has 0 aliphatic heterocycles. The summed E-state index contributed by atoms with van der Waals surface area (Å²) >= 11 is 0. The molecule has 0 bridgehead atoms. The average Bonchev–Trinajstić information content (AvgIpc) is 2.74. The second kappa shape index (κ2) is 10.2. The highest BCUT2D eigenvalue weighted by molar-refractivity contribution is 5.91. The molecule has 1 amide bonds. The first-order chi connectivity index (χ1) is 15.0. The van der Waals surface area contributed by atoms with Gasteiger partial charge < -0.3 is 5.32 Å². The average molecular weight is 412 g/mol. The van der Waals surface area contributed by atoms with Crippen molar-refractivity contribution in [1.82, 2.24) is 19.9 Å². The lowest BCUT2D eigenvalue weighted by atomic mass is 10.0. The number of rotatable bonds is 7. The van der Waals surface area contributed by atoms with Gasteiger partial charge in [-0.25, -0.2) is 4.98 Å². The van der Waals surface area contributed by atoms with Crippen molar-refractivity contribution in [2.45, 2.75) is 27.2 Å². The van der Waals surface area contributed by atoms with Gasteiger partial charge in [0.1, 0.15) is 5.82 Å². The Balaban J connectivity index is 1.68. The molecule has 0 aliphatic rings. The smallest absolute Gasteiger partial charge is 0.230 e. The third-order valence-electron chi connectivity index (χ3n) is 4.40. The number of allylic oxidation sites excluding steroid dienone is 5. The van der Waals surface area contributed by atoms with E-state index in [0.29, 0.717) is 5.82 Å². The van der Waals surface area contributed by atoms with Crippen LogP contribution in [0.2, 0.25) is 0 Å². The summed E-state index contributed by atoms with van der Waals surface area (Å²) in [6.07, 6.45) is 14.3. The zero-order valence-corrected chi connectivity index (χ0v) is 18.0. The number of anilines is 1. The van der Waals surface area contributed by atoms with Crippen LogP contribution in [-0.2, 0) is 11.2 Å². The third-order valence-corrected chi connectivity index (χ3v) is 4.40. The molecule has 0 radical (unpaired) electrons. The molecule has 6 heteroatoms. The van der Waals surface area contributed by atoms with E-state index in [0.717, 1.165) is 33.7 Å². The number of carbonyl (C=O) groups is 1. The molecule has 31 heavy (non-hydrogen) atoms. The van der Waals surface area contributed by atoms with Gasteiger partial charge in [0, 0.05) is 35.9 Å². The minimum absolute atomic E-state index is 0.153. The minimum atomic E-state index is -0.153. The fourth-order valence-electron chi connectivity index (χ4n) is 3.11. The van der Waals surface area contributed by atoms with Crippen LogP contribution in [0.25, 0.3) is 16.8 Å². The van der Waals surface area contributed by atoms with Gasteiger partial charge in [0.05, 0.1) is 24.0 Å². The Morgan fingerprint density at radius 3 is 2.55 bits per heavy atom. The van der Waals surface area contributed by atoms with Crippen LogP contribution in [0.4, 0.5) is 5.82 Å². The molecule has 3 aromatic heterocycles. The molecule has 0 aliphatic carbocycles. The topological polar surface area (TPSA) is 80.7 Å². The highest BCUT2D eigenvalue weighted by atomic mass is 16.1. The van der Waals surface area contributed by atoms with Gasteiger partial charge in [-0.1, -0.05) is 36.4 Å². The summed E-state index contributed by atoms with van der Waals surface area (Å²) in [7, 11) is 0. The molecule has 1 N–H and O–H groups in total. The zero-order valence-electron chi connectivity index (χ0n) is 18.0. The van der Waals surface area contributed by atoms with Crippen molar-refractivity contribution in [2.75, 3.05) is 5.32 Å². The summed E-state index contributed by atoms with van der Waals surface area (Å²) in [5.74, 6) is 0.332. The highest BCUT2D eigenvalue weighted by Gasteiger charge is 2.10. The van der Waals surface area contributed by atoms with E-state index in [-0.39, 0.29) is 12.3 Å². The van der Waals surface area contributed by atoms with Crippen LogP contribution in [0.3, 0.4) is 0 Å². The van der Waals surface area contributed by atoms with Gasteiger partial charge >= 0.3 is 0 Å². The summed E-state index contributed by atoms with van der Waals surface area (Å²) in [5.41, 5.74) is 6.46. The Labute approximate surface area is 182 Å². The number of hydrogen-bond donors (Lipinski definition) is 1. The molecule has 0 spiro atoms. The van der Waals surface area contributed by atoms with Crippen LogP contribution >= 0.6 is 0 Å². The first-order valence-corrected chi connectivity index (χ1v) is 9.92. The predicted molar refractivity (Wildman–Crippen MR) is 124 cm³/mol. The van der Waals surface area contributed by atoms with Gasteiger partial charge in [-0.05, 0) is 44.0 Å². The Bertz CT molecular complexity index is 1130. The molecule has 0 saturated heterocycles. The van der Waals surface area contributed by atoms with Crippen LogP contribution < -0.4 is 5.32 Å². The molecule has 3 heterocycles. The second-order valence-corrected chi connectivity index (χ2v) is 7.34. The number of amides is 1. The van der Waals surface area contributed by atoms with Crippen LogP contribution in [0, 0.1) is 6.92 Å². The molecule has 6 nitrogen and oxygen atoms in total. The van der Waals surface area contributed by atoms with Crippen LogP contribution in [0.5, 0.6) is 0 Å². The van der Waals surface area contributed by atoms with Gasteiger partial charge in [-0.15, -0.1) is 0 Å². The molecule has 156 valence electrons. The van der Waals surface area contributed by atoms with Gasteiger partial charge in [0.15, 0.2) is 0 Å². The maximum Gasteiger partial charge on any atom is 0.230 e. The Morgan fingerprint density at radius 1 is 1.10 bits per heavy atom. The fraction of sp³-hybridized carbons (Fsp3) is 0.160. The van der Waals surface area contributed by atoms with E-state index >= 15 is 0 Å². The molecular weight excluding hydrogens is 386 g/mol.